The molecule has 0 radical (unpaired) electrons. The maximum Gasteiger partial charge on any atom is 0.164 e. The number of nitrogens with zero attached hydrogens (tertiary/aromatic N) is 6. The summed E-state index contributed by atoms with van der Waals surface area (Å²) in [6.45, 7) is 0. The van der Waals surface area contributed by atoms with Crippen molar-refractivity contribution in [3.05, 3.63) is 398 Å². The van der Waals surface area contributed by atoms with Crippen molar-refractivity contribution in [2.45, 2.75) is 75.0 Å². The lowest BCUT2D eigenvalue weighted by Gasteiger charge is -2.36. The number of para-hydroxylation sites is 2. The van der Waals surface area contributed by atoms with Crippen molar-refractivity contribution in [3.8, 4) is 157 Å². The molecule has 4 heterocycles. The minimum Gasteiger partial charge on any atom is -0.456 e. The first-order chi connectivity index (χ1) is 60.4. The molecule has 0 amide bonds. The maximum atomic E-state index is 6.29. The van der Waals surface area contributed by atoms with Crippen LogP contribution in [0.3, 0.4) is 0 Å². The fourth-order valence-electron chi connectivity index (χ4n) is 20.4. The summed E-state index contributed by atoms with van der Waals surface area (Å²) >= 11 is 0. The molecule has 24 rings (SSSR count). The number of hydrogen-bond acceptors (Lipinski definition) is 8. The molecule has 580 valence electrons. The molecule has 4 aliphatic carbocycles. The van der Waals surface area contributed by atoms with E-state index in [-0.39, 0.29) is 10.8 Å². The van der Waals surface area contributed by atoms with Crippen molar-refractivity contribution < 1.29 is 8.83 Å². The molecule has 16 aromatic carbocycles. The van der Waals surface area contributed by atoms with Crippen LogP contribution in [0.1, 0.15) is 86.5 Å². The van der Waals surface area contributed by atoms with Gasteiger partial charge in [-0.05, 0) is 185 Å². The van der Waals surface area contributed by atoms with Crippen LogP contribution in [0.4, 0.5) is 0 Å². The first-order valence-electron chi connectivity index (χ1n) is 42.9. The van der Waals surface area contributed by atoms with Gasteiger partial charge in [0, 0.05) is 65.8 Å². The average Bonchev–Trinajstić information content (AvgIpc) is 1.56. The quantitative estimate of drug-likeness (QED) is 0.119. The van der Waals surface area contributed by atoms with E-state index in [1.54, 1.807) is 0 Å². The summed E-state index contributed by atoms with van der Waals surface area (Å²) in [5, 5.41) is 4.32. The Morgan fingerprint density at radius 3 is 0.885 bits per heavy atom. The topological polar surface area (TPSA) is 104 Å². The Labute approximate surface area is 708 Å². The van der Waals surface area contributed by atoms with E-state index < -0.39 is 0 Å². The highest BCUT2D eigenvalue weighted by molar-refractivity contribution is 6.07. The number of rotatable bonds is 12. The zero-order valence-electron chi connectivity index (χ0n) is 67.4. The van der Waals surface area contributed by atoms with E-state index in [0.29, 0.717) is 34.9 Å². The van der Waals surface area contributed by atoms with Crippen molar-refractivity contribution >= 4 is 43.9 Å². The van der Waals surface area contributed by atoms with E-state index >= 15 is 0 Å². The van der Waals surface area contributed by atoms with Crippen molar-refractivity contribution in [1.29, 1.82) is 0 Å². The second-order valence-corrected chi connectivity index (χ2v) is 33.3. The monoisotopic (exact) mass is 1570 g/mol. The molecule has 0 aliphatic heterocycles. The van der Waals surface area contributed by atoms with Gasteiger partial charge < -0.3 is 8.83 Å². The standard InChI is InChI=1S/2C57H41N3O/c1-3-14-37(15-4-1)41-17-12-19-43(35-41)55-58-54(59-56(60-55)44-30-31-47-46-20-6-8-25-51(46)61-52(47)36-44)39-28-26-38(27-29-39)40-16-11-18-42(34-40)45-22-13-24-50-53(45)48-21-5-7-23-49(48)57(50)32-9-2-10-33-57;1-3-12-37(13-4-1)38-22-28-42(29-23-38)54-58-55(60-56(59-54)44-32-33-47-46-14-6-8-19-51(46)61-52(47)36-44)43-30-24-40(25-31-43)39-20-26-41(27-21-39)45-16-11-18-50-53(45)48-15-5-7-17-49(48)57(50)34-9-2-10-35-57/h1,3-8,11-31,34-36H,2,9-10,32-33H2;1,3-8,11-33,36H,2,9-10,34-35H2. The number of fused-ring (bicyclic) bond motifs is 16. The Bertz CT molecular complexity index is 7420. The lowest BCUT2D eigenvalue weighted by molar-refractivity contribution is 0.353. The molecule has 0 unspecified atom stereocenters. The third-order valence-corrected chi connectivity index (χ3v) is 26.3. The molecule has 0 atom stereocenters. The minimum absolute atomic E-state index is 0.132. The van der Waals surface area contributed by atoms with Gasteiger partial charge in [-0.1, -0.05) is 366 Å². The summed E-state index contributed by atoms with van der Waals surface area (Å²) in [7, 11) is 0. The molecule has 20 aromatic rings. The number of benzene rings is 16. The van der Waals surface area contributed by atoms with Gasteiger partial charge in [0.2, 0.25) is 0 Å². The van der Waals surface area contributed by atoms with E-state index in [0.717, 1.165) is 105 Å². The van der Waals surface area contributed by atoms with Crippen molar-refractivity contribution in [2.24, 2.45) is 0 Å². The second-order valence-electron chi connectivity index (χ2n) is 33.3. The molecule has 2 spiro atoms. The predicted octanol–water partition coefficient (Wildman–Crippen LogP) is 30.0. The Hall–Kier alpha value is -14.9. The predicted molar refractivity (Wildman–Crippen MR) is 498 cm³/mol. The molecule has 0 saturated heterocycles. The van der Waals surface area contributed by atoms with Gasteiger partial charge in [-0.25, -0.2) is 29.9 Å². The second kappa shape index (κ2) is 30.2. The smallest absolute Gasteiger partial charge is 0.164 e. The molecule has 0 N–H and O–H groups in total. The highest BCUT2D eigenvalue weighted by Crippen LogP contribution is 2.60. The normalized spacial score (nSPS) is 14.0. The van der Waals surface area contributed by atoms with Gasteiger partial charge in [-0.15, -0.1) is 0 Å². The molecule has 4 aromatic heterocycles. The van der Waals surface area contributed by atoms with Crippen LogP contribution in [-0.4, -0.2) is 29.9 Å². The molecular formula is C114H82N6O2. The number of aromatic nitrogens is 6. The molecular weight excluding hydrogens is 1490 g/mol. The van der Waals surface area contributed by atoms with E-state index in [1.165, 1.54) is 148 Å². The Kier molecular flexibility index (Phi) is 17.9. The van der Waals surface area contributed by atoms with Crippen LogP contribution in [0, 0.1) is 0 Å². The Morgan fingerprint density at radius 2 is 0.443 bits per heavy atom. The largest absolute Gasteiger partial charge is 0.456 e. The highest BCUT2D eigenvalue weighted by atomic mass is 16.3. The summed E-state index contributed by atoms with van der Waals surface area (Å²) < 4.78 is 12.6. The van der Waals surface area contributed by atoms with Gasteiger partial charge in [-0.3, -0.25) is 0 Å². The summed E-state index contributed by atoms with van der Waals surface area (Å²) in [6.07, 6.45) is 12.8. The van der Waals surface area contributed by atoms with Crippen LogP contribution >= 0.6 is 0 Å². The first kappa shape index (κ1) is 72.4. The van der Waals surface area contributed by atoms with E-state index in [1.807, 2.05) is 60.7 Å². The van der Waals surface area contributed by atoms with Gasteiger partial charge in [0.25, 0.3) is 0 Å². The van der Waals surface area contributed by atoms with Crippen LogP contribution in [-0.2, 0) is 10.8 Å². The third kappa shape index (κ3) is 12.7. The van der Waals surface area contributed by atoms with Crippen LogP contribution in [0.25, 0.3) is 201 Å². The fraction of sp³-hybridized carbons (Fsp3) is 0.105. The van der Waals surface area contributed by atoms with Crippen LogP contribution in [0.15, 0.2) is 385 Å². The van der Waals surface area contributed by atoms with Gasteiger partial charge >= 0.3 is 0 Å². The molecule has 0 bridgehead atoms. The van der Waals surface area contributed by atoms with Crippen molar-refractivity contribution in [2.75, 3.05) is 0 Å². The summed E-state index contributed by atoms with van der Waals surface area (Å²) in [5.41, 5.74) is 35.1. The van der Waals surface area contributed by atoms with Crippen LogP contribution in [0.2, 0.25) is 0 Å². The SMILES string of the molecule is c1ccc(-c2ccc(-c3nc(-c4ccc(-c5ccc(-c6cccc7c6-c6ccccc6C76CCCCC6)cc5)cc4)nc(-c4ccc5c(c4)oc4ccccc45)n3)cc2)cc1.c1ccc(-c2cccc(-c3nc(-c4ccc(-c5cccc(-c6cccc7c6-c6ccccc6C76CCCCC6)c5)cc4)nc(-c4ccc5c(c4)oc4ccccc45)n3)c2)cc1. The lowest BCUT2D eigenvalue weighted by Crippen LogP contribution is -2.27. The average molecular weight is 1570 g/mol. The lowest BCUT2D eigenvalue weighted by atomic mass is 9.68. The van der Waals surface area contributed by atoms with Crippen LogP contribution < -0.4 is 0 Å². The van der Waals surface area contributed by atoms with Gasteiger partial charge in [0.15, 0.2) is 34.9 Å². The maximum absolute atomic E-state index is 6.29. The zero-order valence-corrected chi connectivity index (χ0v) is 67.4. The number of furan rings is 2. The molecule has 2 saturated carbocycles. The number of hydrogen-bond donors (Lipinski definition) is 0. The Balaban J connectivity index is 0.000000142. The van der Waals surface area contributed by atoms with E-state index in [4.69, 9.17) is 38.7 Å². The Morgan fingerprint density at radius 1 is 0.172 bits per heavy atom. The van der Waals surface area contributed by atoms with Crippen molar-refractivity contribution in [1.82, 2.24) is 29.9 Å². The van der Waals surface area contributed by atoms with Crippen molar-refractivity contribution in [3.63, 3.8) is 0 Å². The van der Waals surface area contributed by atoms with Gasteiger partial charge in [0.05, 0.1) is 0 Å². The minimum atomic E-state index is 0.132. The molecule has 122 heavy (non-hydrogen) atoms. The molecule has 2 fully saturated rings. The van der Waals surface area contributed by atoms with Gasteiger partial charge in [0.1, 0.15) is 22.3 Å². The van der Waals surface area contributed by atoms with Crippen LogP contribution in [0.5, 0.6) is 0 Å². The molecule has 8 heteroatoms. The zero-order chi connectivity index (χ0) is 80.7. The molecule has 4 aliphatic rings. The molecule has 8 nitrogen and oxygen atoms in total. The first-order valence-corrected chi connectivity index (χ1v) is 42.9. The van der Waals surface area contributed by atoms with Gasteiger partial charge in [-0.2, -0.15) is 0 Å². The third-order valence-electron chi connectivity index (χ3n) is 26.3. The summed E-state index contributed by atoms with van der Waals surface area (Å²) in [4.78, 5) is 30.6. The van der Waals surface area contributed by atoms with E-state index in [9.17, 15) is 0 Å². The van der Waals surface area contributed by atoms with E-state index in [2.05, 4.69) is 315 Å². The fourth-order valence-corrected chi connectivity index (χ4v) is 20.4. The summed E-state index contributed by atoms with van der Waals surface area (Å²) in [5.74, 6) is 3.66. The highest BCUT2D eigenvalue weighted by Gasteiger charge is 2.46. The summed E-state index contributed by atoms with van der Waals surface area (Å²) in [6, 6.07) is 134.